The number of carbonyl (C=O) groups is 2. The molecule has 0 bridgehead atoms. The Morgan fingerprint density at radius 3 is 2.62 bits per heavy atom. The minimum absolute atomic E-state index is 0.0584. The first-order valence-corrected chi connectivity index (χ1v) is 10.2. The molecule has 2 N–H and O–H groups in total. The van der Waals surface area contributed by atoms with E-state index in [1.54, 1.807) is 24.3 Å². The van der Waals surface area contributed by atoms with Crippen LogP contribution in [-0.2, 0) is 19.6 Å². The zero-order valence-corrected chi connectivity index (χ0v) is 15.5. The number of aliphatic carboxylic acids is 1. The third-order valence-electron chi connectivity index (χ3n) is 4.10. The first kappa shape index (κ1) is 20.2. The van der Waals surface area contributed by atoms with E-state index in [1.807, 2.05) is 6.92 Å². The number of carbonyl (C=O) groups excluding carboxylic acids is 1. The number of hydrogen-bond donors (Lipinski definition) is 2. The average Bonchev–Trinajstić information content (AvgIpc) is 3.10. The zero-order valence-electron chi connectivity index (χ0n) is 14.7. The summed E-state index contributed by atoms with van der Waals surface area (Å²) in [7, 11) is -3.43. The summed E-state index contributed by atoms with van der Waals surface area (Å²) >= 11 is 0. The van der Waals surface area contributed by atoms with Crippen molar-refractivity contribution in [3.63, 3.8) is 0 Å². The Kier molecular flexibility index (Phi) is 6.98. The van der Waals surface area contributed by atoms with Gasteiger partial charge in [-0.1, -0.05) is 13.3 Å². The summed E-state index contributed by atoms with van der Waals surface area (Å²) in [6.07, 6.45) is 2.51. The van der Waals surface area contributed by atoms with Crippen molar-refractivity contribution < 1.29 is 27.9 Å². The second-order valence-corrected chi connectivity index (χ2v) is 8.18. The van der Waals surface area contributed by atoms with Gasteiger partial charge in [0.05, 0.1) is 5.75 Å². The molecule has 2 rings (SSSR count). The molecule has 8 nitrogen and oxygen atoms in total. The molecule has 0 radical (unpaired) electrons. The smallest absolute Gasteiger partial charge is 0.341 e. The van der Waals surface area contributed by atoms with Crippen LogP contribution in [0, 0.1) is 0 Å². The molecule has 0 saturated carbocycles. The Balaban J connectivity index is 1.98. The molecule has 1 saturated heterocycles. The van der Waals surface area contributed by atoms with Crippen LogP contribution in [0.4, 0.5) is 5.69 Å². The van der Waals surface area contributed by atoms with E-state index in [-0.39, 0.29) is 11.7 Å². The van der Waals surface area contributed by atoms with Gasteiger partial charge in [-0.2, -0.15) is 4.31 Å². The van der Waals surface area contributed by atoms with Crippen LogP contribution in [-0.4, -0.2) is 54.7 Å². The van der Waals surface area contributed by atoms with Crippen LogP contribution >= 0.6 is 0 Å². The number of ether oxygens (including phenoxy) is 1. The lowest BCUT2D eigenvalue weighted by Gasteiger charge is -2.23. The standard InChI is InChI=1S/C17H24N2O6S/c1-2-3-11-26(23,24)19-10-4-5-15(19)17(22)18-13-6-8-14(9-7-13)25-12-16(20)21/h6-9,15H,2-5,10-12H2,1H3,(H,18,22)(H,20,21). The Bertz CT molecular complexity index is 732. The monoisotopic (exact) mass is 384 g/mol. The van der Waals surface area contributed by atoms with Gasteiger partial charge in [0.2, 0.25) is 15.9 Å². The molecule has 1 aliphatic heterocycles. The average molecular weight is 384 g/mol. The number of anilines is 1. The van der Waals surface area contributed by atoms with Gasteiger partial charge in [0.25, 0.3) is 0 Å². The predicted molar refractivity (Wildman–Crippen MR) is 96.6 cm³/mol. The topological polar surface area (TPSA) is 113 Å². The van der Waals surface area contributed by atoms with Crippen molar-refractivity contribution in [1.82, 2.24) is 4.31 Å². The second-order valence-electron chi connectivity index (χ2n) is 6.13. The van der Waals surface area contributed by atoms with Crippen LogP contribution in [0.5, 0.6) is 5.75 Å². The molecule has 1 aliphatic rings. The van der Waals surface area contributed by atoms with E-state index in [9.17, 15) is 18.0 Å². The highest BCUT2D eigenvalue weighted by Gasteiger charge is 2.38. The lowest BCUT2D eigenvalue weighted by atomic mass is 10.2. The van der Waals surface area contributed by atoms with E-state index < -0.39 is 28.6 Å². The number of nitrogens with one attached hydrogen (secondary N) is 1. The summed E-state index contributed by atoms with van der Waals surface area (Å²) in [5, 5.41) is 11.3. The summed E-state index contributed by atoms with van der Waals surface area (Å²) in [6.45, 7) is 1.85. The van der Waals surface area contributed by atoms with E-state index in [0.717, 1.165) is 6.42 Å². The van der Waals surface area contributed by atoms with Crippen LogP contribution in [0.15, 0.2) is 24.3 Å². The molecule has 1 unspecified atom stereocenters. The molecule has 26 heavy (non-hydrogen) atoms. The summed E-state index contributed by atoms with van der Waals surface area (Å²) in [5.41, 5.74) is 0.496. The molecule has 1 aromatic carbocycles. The maximum Gasteiger partial charge on any atom is 0.341 e. The Morgan fingerprint density at radius 2 is 2.00 bits per heavy atom. The largest absolute Gasteiger partial charge is 0.482 e. The summed E-state index contributed by atoms with van der Waals surface area (Å²) in [4.78, 5) is 23.0. The van der Waals surface area contributed by atoms with Crippen LogP contribution in [0.1, 0.15) is 32.6 Å². The number of sulfonamides is 1. The van der Waals surface area contributed by atoms with Crippen molar-refractivity contribution in [2.75, 3.05) is 24.2 Å². The third kappa shape index (κ3) is 5.43. The van der Waals surface area contributed by atoms with Crippen LogP contribution in [0.3, 0.4) is 0 Å². The molecule has 1 fully saturated rings. The van der Waals surface area contributed by atoms with Crippen molar-refractivity contribution >= 4 is 27.6 Å². The second kappa shape index (κ2) is 9.00. The highest BCUT2D eigenvalue weighted by atomic mass is 32.2. The van der Waals surface area contributed by atoms with Gasteiger partial charge in [-0.05, 0) is 43.5 Å². The van der Waals surface area contributed by atoms with Gasteiger partial charge in [0.1, 0.15) is 11.8 Å². The van der Waals surface area contributed by atoms with E-state index >= 15 is 0 Å². The Labute approximate surface area is 153 Å². The van der Waals surface area contributed by atoms with Crippen LogP contribution in [0.25, 0.3) is 0 Å². The molecular weight excluding hydrogens is 360 g/mol. The minimum atomic E-state index is -3.43. The highest BCUT2D eigenvalue weighted by molar-refractivity contribution is 7.89. The number of unbranched alkanes of at least 4 members (excludes halogenated alkanes) is 1. The quantitative estimate of drug-likeness (QED) is 0.670. The molecule has 1 atom stereocenters. The molecule has 0 spiro atoms. The Hall–Kier alpha value is -2.13. The fraction of sp³-hybridized carbons (Fsp3) is 0.529. The van der Waals surface area contributed by atoms with Crippen molar-refractivity contribution in [1.29, 1.82) is 0 Å². The maximum atomic E-state index is 12.5. The van der Waals surface area contributed by atoms with Crippen molar-refractivity contribution in [3.8, 4) is 5.75 Å². The van der Waals surface area contributed by atoms with E-state index in [4.69, 9.17) is 9.84 Å². The fourth-order valence-corrected chi connectivity index (χ4v) is 4.67. The molecular formula is C17H24N2O6S. The van der Waals surface area contributed by atoms with Gasteiger partial charge in [-0.25, -0.2) is 13.2 Å². The predicted octanol–water partition coefficient (Wildman–Crippen LogP) is 1.68. The number of hydrogen-bond acceptors (Lipinski definition) is 5. The van der Waals surface area contributed by atoms with Crippen LogP contribution in [0.2, 0.25) is 0 Å². The van der Waals surface area contributed by atoms with Gasteiger partial charge in [0, 0.05) is 12.2 Å². The number of carboxylic acid groups (broad SMARTS) is 1. The number of rotatable bonds is 9. The molecule has 9 heteroatoms. The summed E-state index contributed by atoms with van der Waals surface area (Å²) in [6, 6.07) is 5.56. The molecule has 1 heterocycles. The van der Waals surface area contributed by atoms with E-state index in [1.165, 1.54) is 4.31 Å². The first-order valence-electron chi connectivity index (χ1n) is 8.58. The lowest BCUT2D eigenvalue weighted by molar-refractivity contribution is -0.139. The lowest BCUT2D eigenvalue weighted by Crippen LogP contribution is -2.44. The molecule has 144 valence electrons. The van der Waals surface area contributed by atoms with E-state index in [2.05, 4.69) is 5.32 Å². The first-order chi connectivity index (χ1) is 12.3. The van der Waals surface area contributed by atoms with Gasteiger partial charge in [-0.15, -0.1) is 0 Å². The number of nitrogens with zero attached hydrogens (tertiary/aromatic N) is 1. The summed E-state index contributed by atoms with van der Waals surface area (Å²) < 4.78 is 31.2. The molecule has 0 aromatic heterocycles. The Morgan fingerprint density at radius 1 is 1.31 bits per heavy atom. The highest BCUT2D eigenvalue weighted by Crippen LogP contribution is 2.24. The SMILES string of the molecule is CCCCS(=O)(=O)N1CCCC1C(=O)Nc1ccc(OCC(=O)O)cc1. The van der Waals surface area contributed by atoms with Gasteiger partial charge >= 0.3 is 5.97 Å². The molecule has 1 amide bonds. The van der Waals surface area contributed by atoms with E-state index in [0.29, 0.717) is 37.2 Å². The van der Waals surface area contributed by atoms with Gasteiger partial charge < -0.3 is 15.2 Å². The third-order valence-corrected chi connectivity index (χ3v) is 6.06. The molecule has 1 aromatic rings. The van der Waals surface area contributed by atoms with Crippen molar-refractivity contribution in [3.05, 3.63) is 24.3 Å². The maximum absolute atomic E-state index is 12.5. The normalized spacial score (nSPS) is 17.8. The van der Waals surface area contributed by atoms with Crippen molar-refractivity contribution in [2.45, 2.75) is 38.6 Å². The fourth-order valence-electron chi connectivity index (χ4n) is 2.78. The van der Waals surface area contributed by atoms with Gasteiger partial charge in [-0.3, -0.25) is 4.79 Å². The van der Waals surface area contributed by atoms with Crippen LogP contribution < -0.4 is 10.1 Å². The van der Waals surface area contributed by atoms with Crippen molar-refractivity contribution in [2.24, 2.45) is 0 Å². The number of carboxylic acids is 1. The summed E-state index contributed by atoms with van der Waals surface area (Å²) in [5.74, 6) is -1.01. The molecule has 0 aliphatic carbocycles. The minimum Gasteiger partial charge on any atom is -0.482 e. The number of benzene rings is 1. The van der Waals surface area contributed by atoms with Gasteiger partial charge in [0.15, 0.2) is 6.61 Å². The number of amides is 1. The zero-order chi connectivity index (χ0) is 19.2.